The number of ether oxygens (including phenoxy) is 1. The number of aromatic hydroxyl groups is 1. The van der Waals surface area contributed by atoms with Crippen molar-refractivity contribution in [1.29, 1.82) is 0 Å². The van der Waals surface area contributed by atoms with E-state index in [1.54, 1.807) is 18.2 Å². The number of halogens is 1. The third kappa shape index (κ3) is 3.70. The Morgan fingerprint density at radius 1 is 1.15 bits per heavy atom. The molecule has 0 aliphatic carbocycles. The molecular weight excluding hydrogens is 362 g/mol. The fourth-order valence-electron chi connectivity index (χ4n) is 2.31. The quantitative estimate of drug-likeness (QED) is 0.521. The van der Waals surface area contributed by atoms with Gasteiger partial charge in [-0.1, -0.05) is 11.6 Å². The van der Waals surface area contributed by atoms with Crippen molar-refractivity contribution in [1.82, 2.24) is 9.97 Å². The number of amides is 1. The van der Waals surface area contributed by atoms with Crippen LogP contribution in [0.1, 0.15) is 17.3 Å². The van der Waals surface area contributed by atoms with Gasteiger partial charge in [-0.25, -0.2) is 9.59 Å². The summed E-state index contributed by atoms with van der Waals surface area (Å²) in [6.45, 7) is 1.40. The number of imidazole rings is 1. The molecule has 1 heterocycles. The van der Waals surface area contributed by atoms with E-state index in [2.05, 4.69) is 15.3 Å². The molecule has 0 aliphatic rings. The monoisotopic (exact) mass is 375 g/mol. The number of fused-ring (bicyclic) bond motifs is 1. The second-order valence-electron chi connectivity index (χ2n) is 5.54. The van der Waals surface area contributed by atoms with Crippen LogP contribution in [-0.4, -0.2) is 33.1 Å². The van der Waals surface area contributed by atoms with E-state index < -0.39 is 18.0 Å². The molecule has 2 aromatic carbocycles. The summed E-state index contributed by atoms with van der Waals surface area (Å²) in [4.78, 5) is 40.7. The molecule has 1 amide bonds. The zero-order chi connectivity index (χ0) is 18.8. The van der Waals surface area contributed by atoms with Gasteiger partial charge in [0.1, 0.15) is 11.3 Å². The number of hydrogen-bond donors (Lipinski definition) is 4. The van der Waals surface area contributed by atoms with Crippen molar-refractivity contribution in [3.63, 3.8) is 0 Å². The van der Waals surface area contributed by atoms with Gasteiger partial charge < -0.3 is 25.1 Å². The van der Waals surface area contributed by atoms with Crippen LogP contribution in [0.15, 0.2) is 41.2 Å². The van der Waals surface area contributed by atoms with E-state index in [0.29, 0.717) is 16.7 Å². The largest absolute Gasteiger partial charge is 0.507 e. The Bertz CT molecular complexity index is 1060. The van der Waals surface area contributed by atoms with Crippen molar-refractivity contribution in [3.05, 3.63) is 57.5 Å². The Morgan fingerprint density at radius 2 is 1.88 bits per heavy atom. The molecule has 0 radical (unpaired) electrons. The van der Waals surface area contributed by atoms with E-state index >= 15 is 0 Å². The molecular formula is C17H14ClN3O5. The van der Waals surface area contributed by atoms with Crippen molar-refractivity contribution in [2.75, 3.05) is 5.32 Å². The van der Waals surface area contributed by atoms with E-state index in [1.807, 2.05) is 0 Å². The van der Waals surface area contributed by atoms with E-state index in [4.69, 9.17) is 16.3 Å². The number of aromatic nitrogens is 2. The summed E-state index contributed by atoms with van der Waals surface area (Å²) in [5, 5.41) is 12.6. The van der Waals surface area contributed by atoms with Gasteiger partial charge in [-0.3, -0.25) is 4.79 Å². The van der Waals surface area contributed by atoms with Gasteiger partial charge >= 0.3 is 11.7 Å². The first-order chi connectivity index (χ1) is 12.3. The number of anilines is 1. The summed E-state index contributed by atoms with van der Waals surface area (Å²) in [5.41, 5.74) is 1.11. The Hall–Kier alpha value is -3.26. The van der Waals surface area contributed by atoms with Crippen molar-refractivity contribution in [2.45, 2.75) is 13.0 Å². The van der Waals surface area contributed by atoms with E-state index in [1.165, 1.54) is 25.1 Å². The lowest BCUT2D eigenvalue weighted by atomic mass is 10.2. The lowest BCUT2D eigenvalue weighted by Gasteiger charge is -2.14. The summed E-state index contributed by atoms with van der Waals surface area (Å²) < 4.78 is 5.06. The molecule has 8 nitrogen and oxygen atoms in total. The fraction of sp³-hybridized carbons (Fsp3) is 0.118. The van der Waals surface area contributed by atoms with Gasteiger partial charge in [0.15, 0.2) is 6.10 Å². The number of esters is 1. The zero-order valence-corrected chi connectivity index (χ0v) is 14.3. The lowest BCUT2D eigenvalue weighted by molar-refractivity contribution is -0.123. The SMILES string of the molecule is C[C@H](OC(=O)c1ccc(Cl)cc1O)C(=O)Nc1ccc2[nH]c(=O)[nH]c2c1. The number of aromatic amines is 2. The van der Waals surface area contributed by atoms with Crippen LogP contribution in [0.3, 0.4) is 0 Å². The van der Waals surface area contributed by atoms with Gasteiger partial charge in [-0.15, -0.1) is 0 Å². The summed E-state index contributed by atoms with van der Waals surface area (Å²) in [6, 6.07) is 8.74. The summed E-state index contributed by atoms with van der Waals surface area (Å²) >= 11 is 5.71. The Kier molecular flexibility index (Phi) is 4.68. The number of carbonyl (C=O) groups excluding carboxylic acids is 2. The number of hydrogen-bond acceptors (Lipinski definition) is 5. The van der Waals surface area contributed by atoms with Crippen LogP contribution in [0, 0.1) is 0 Å². The maximum Gasteiger partial charge on any atom is 0.342 e. The molecule has 0 saturated heterocycles. The van der Waals surface area contributed by atoms with Gasteiger partial charge in [-0.05, 0) is 43.3 Å². The molecule has 134 valence electrons. The van der Waals surface area contributed by atoms with E-state index in [9.17, 15) is 19.5 Å². The normalized spacial score (nSPS) is 11.9. The van der Waals surface area contributed by atoms with E-state index in [0.717, 1.165) is 0 Å². The predicted molar refractivity (Wildman–Crippen MR) is 95.5 cm³/mol. The summed E-state index contributed by atoms with van der Waals surface area (Å²) in [7, 11) is 0. The van der Waals surface area contributed by atoms with Crippen molar-refractivity contribution in [3.8, 4) is 5.75 Å². The number of phenolic OH excluding ortho intramolecular Hbond substituents is 1. The van der Waals surface area contributed by atoms with E-state index in [-0.39, 0.29) is 22.0 Å². The Morgan fingerprint density at radius 3 is 2.62 bits per heavy atom. The van der Waals surface area contributed by atoms with Gasteiger partial charge in [0.25, 0.3) is 5.91 Å². The average molecular weight is 376 g/mol. The molecule has 26 heavy (non-hydrogen) atoms. The highest BCUT2D eigenvalue weighted by atomic mass is 35.5. The number of rotatable bonds is 4. The molecule has 4 N–H and O–H groups in total. The molecule has 0 saturated carbocycles. The second kappa shape index (κ2) is 6.93. The van der Waals surface area contributed by atoms with Gasteiger partial charge in [-0.2, -0.15) is 0 Å². The minimum absolute atomic E-state index is 0.0969. The molecule has 0 aliphatic heterocycles. The van der Waals surface area contributed by atoms with Gasteiger partial charge in [0.05, 0.1) is 11.0 Å². The van der Waals surface area contributed by atoms with Crippen LogP contribution in [-0.2, 0) is 9.53 Å². The van der Waals surface area contributed by atoms with Crippen molar-refractivity contribution < 1.29 is 19.4 Å². The molecule has 1 aromatic heterocycles. The minimum atomic E-state index is -1.11. The van der Waals surface area contributed by atoms with Crippen molar-refractivity contribution in [2.24, 2.45) is 0 Å². The molecule has 3 rings (SSSR count). The topological polar surface area (TPSA) is 124 Å². The van der Waals surface area contributed by atoms with Crippen LogP contribution in [0.4, 0.5) is 5.69 Å². The van der Waals surface area contributed by atoms with Crippen LogP contribution in [0.5, 0.6) is 5.75 Å². The standard InChI is InChI=1S/C17H14ClN3O5/c1-8(26-16(24)11-4-2-9(18)6-14(11)22)15(23)19-10-3-5-12-13(7-10)21-17(25)20-12/h2-8,22H,1H3,(H,19,23)(H2,20,21,25)/t8-/m0/s1. The summed E-state index contributed by atoms with van der Waals surface area (Å²) in [5.74, 6) is -1.76. The highest BCUT2D eigenvalue weighted by molar-refractivity contribution is 6.30. The fourth-order valence-corrected chi connectivity index (χ4v) is 2.48. The Balaban J connectivity index is 1.68. The average Bonchev–Trinajstić information content (AvgIpc) is 2.93. The first-order valence-corrected chi connectivity index (χ1v) is 7.93. The predicted octanol–water partition coefficient (Wildman–Crippen LogP) is 2.40. The summed E-state index contributed by atoms with van der Waals surface area (Å²) in [6.07, 6.45) is -1.11. The first-order valence-electron chi connectivity index (χ1n) is 7.56. The maximum atomic E-state index is 12.2. The third-order valence-corrected chi connectivity index (χ3v) is 3.85. The molecule has 1 atom stereocenters. The number of nitrogens with one attached hydrogen (secondary N) is 3. The number of phenols is 1. The van der Waals surface area contributed by atoms with Gasteiger partial charge in [0, 0.05) is 10.7 Å². The molecule has 0 unspecified atom stereocenters. The highest BCUT2D eigenvalue weighted by Crippen LogP contribution is 2.23. The number of H-pyrrole nitrogens is 2. The van der Waals surface area contributed by atoms with Crippen LogP contribution >= 0.6 is 11.6 Å². The molecule has 9 heteroatoms. The zero-order valence-electron chi connectivity index (χ0n) is 13.5. The van der Waals surface area contributed by atoms with Crippen LogP contribution < -0.4 is 11.0 Å². The second-order valence-corrected chi connectivity index (χ2v) is 5.97. The van der Waals surface area contributed by atoms with Crippen LogP contribution in [0.25, 0.3) is 11.0 Å². The smallest absolute Gasteiger partial charge is 0.342 e. The number of benzene rings is 2. The molecule has 0 fully saturated rings. The van der Waals surface area contributed by atoms with Crippen LogP contribution in [0.2, 0.25) is 5.02 Å². The molecule has 0 bridgehead atoms. The minimum Gasteiger partial charge on any atom is -0.507 e. The first kappa shape index (κ1) is 17.6. The molecule has 3 aromatic rings. The highest BCUT2D eigenvalue weighted by Gasteiger charge is 2.21. The molecule has 0 spiro atoms. The maximum absolute atomic E-state index is 12.2. The number of carbonyl (C=O) groups is 2. The van der Waals surface area contributed by atoms with Crippen molar-refractivity contribution >= 4 is 40.2 Å². The third-order valence-electron chi connectivity index (χ3n) is 3.62. The lowest BCUT2D eigenvalue weighted by Crippen LogP contribution is -2.30. The van der Waals surface area contributed by atoms with Gasteiger partial charge in [0.2, 0.25) is 0 Å². The Labute approximate surface area is 151 Å².